The molecule has 0 aromatic carbocycles. The summed E-state index contributed by atoms with van der Waals surface area (Å²) < 4.78 is 27.8. The molecule has 0 N–H and O–H groups in total. The lowest BCUT2D eigenvalue weighted by Gasteiger charge is -2.16. The lowest BCUT2D eigenvalue weighted by molar-refractivity contribution is -0.128. The second kappa shape index (κ2) is 3.94. The SMILES string of the molecule is O=C1[C@H]2CCCN2S(=O)(=O)N1Cn1cc(Cl)cn1. The minimum atomic E-state index is -3.69. The van der Waals surface area contributed by atoms with Crippen molar-refractivity contribution in [3.05, 3.63) is 17.4 Å². The summed E-state index contributed by atoms with van der Waals surface area (Å²) in [6.45, 7) is 0.288. The summed E-state index contributed by atoms with van der Waals surface area (Å²) in [7, 11) is -3.69. The highest BCUT2D eigenvalue weighted by molar-refractivity contribution is 7.87. The number of amides is 1. The van der Waals surface area contributed by atoms with Crippen molar-refractivity contribution in [2.45, 2.75) is 25.6 Å². The minimum Gasteiger partial charge on any atom is -0.272 e. The van der Waals surface area contributed by atoms with Gasteiger partial charge >= 0.3 is 10.2 Å². The van der Waals surface area contributed by atoms with Gasteiger partial charge < -0.3 is 0 Å². The number of carbonyl (C=O) groups excluding carboxylic acids is 1. The zero-order chi connectivity index (χ0) is 12.9. The maximum atomic E-state index is 12.2. The first-order chi connectivity index (χ1) is 8.50. The average molecular weight is 291 g/mol. The maximum Gasteiger partial charge on any atom is 0.308 e. The van der Waals surface area contributed by atoms with E-state index in [1.807, 2.05) is 0 Å². The van der Waals surface area contributed by atoms with E-state index >= 15 is 0 Å². The fourth-order valence-electron chi connectivity index (χ4n) is 2.36. The highest BCUT2D eigenvalue weighted by Gasteiger charge is 2.52. The fraction of sp³-hybridized carbons (Fsp3) is 0.556. The van der Waals surface area contributed by atoms with E-state index in [-0.39, 0.29) is 12.6 Å². The molecule has 1 aromatic rings. The van der Waals surface area contributed by atoms with Gasteiger partial charge in [-0.05, 0) is 12.8 Å². The number of carbonyl (C=O) groups is 1. The van der Waals surface area contributed by atoms with Gasteiger partial charge in [0.15, 0.2) is 0 Å². The van der Waals surface area contributed by atoms with Gasteiger partial charge in [-0.15, -0.1) is 0 Å². The molecule has 2 aliphatic heterocycles. The van der Waals surface area contributed by atoms with E-state index in [0.717, 1.165) is 10.7 Å². The number of aromatic nitrogens is 2. The minimum absolute atomic E-state index is 0.124. The van der Waals surface area contributed by atoms with Crippen molar-refractivity contribution < 1.29 is 13.2 Å². The van der Waals surface area contributed by atoms with Crippen LogP contribution in [0.4, 0.5) is 0 Å². The van der Waals surface area contributed by atoms with E-state index in [1.54, 1.807) is 0 Å². The van der Waals surface area contributed by atoms with Crippen LogP contribution in [0, 0.1) is 0 Å². The molecular weight excluding hydrogens is 280 g/mol. The fourth-order valence-corrected chi connectivity index (χ4v) is 4.26. The molecule has 18 heavy (non-hydrogen) atoms. The molecule has 2 fully saturated rings. The second-order valence-electron chi connectivity index (χ2n) is 4.30. The van der Waals surface area contributed by atoms with Gasteiger partial charge in [-0.3, -0.25) is 9.48 Å². The highest BCUT2D eigenvalue weighted by atomic mass is 35.5. The normalized spacial score (nSPS) is 26.8. The Hall–Kier alpha value is -1.12. The Kier molecular flexibility index (Phi) is 2.61. The van der Waals surface area contributed by atoms with Gasteiger partial charge in [-0.1, -0.05) is 11.6 Å². The number of fused-ring (bicyclic) bond motifs is 1. The summed E-state index contributed by atoms with van der Waals surface area (Å²) in [5.74, 6) is -0.376. The molecule has 0 radical (unpaired) electrons. The third-order valence-corrected chi connectivity index (χ3v) is 5.26. The van der Waals surface area contributed by atoms with Crippen LogP contribution in [-0.4, -0.2) is 45.3 Å². The van der Waals surface area contributed by atoms with Crippen molar-refractivity contribution >= 4 is 27.7 Å². The van der Waals surface area contributed by atoms with E-state index in [4.69, 9.17) is 11.6 Å². The Morgan fingerprint density at radius 1 is 1.50 bits per heavy atom. The van der Waals surface area contributed by atoms with Crippen LogP contribution in [-0.2, 0) is 21.7 Å². The topological polar surface area (TPSA) is 75.5 Å². The van der Waals surface area contributed by atoms with Crippen LogP contribution < -0.4 is 0 Å². The molecule has 3 rings (SSSR count). The Labute approximate surface area is 109 Å². The molecule has 98 valence electrons. The van der Waals surface area contributed by atoms with Gasteiger partial charge in [0, 0.05) is 12.7 Å². The summed E-state index contributed by atoms with van der Waals surface area (Å²) in [6, 6.07) is -0.527. The zero-order valence-corrected chi connectivity index (χ0v) is 10.9. The monoisotopic (exact) mass is 290 g/mol. The van der Waals surface area contributed by atoms with Crippen LogP contribution in [0.5, 0.6) is 0 Å². The smallest absolute Gasteiger partial charge is 0.272 e. The first kappa shape index (κ1) is 11.9. The summed E-state index contributed by atoms with van der Waals surface area (Å²) in [6.07, 6.45) is 4.20. The van der Waals surface area contributed by atoms with Gasteiger partial charge in [0.25, 0.3) is 5.91 Å². The van der Waals surface area contributed by atoms with Crippen LogP contribution in [0.3, 0.4) is 0 Å². The van der Waals surface area contributed by atoms with Crippen LogP contribution in [0.1, 0.15) is 12.8 Å². The van der Waals surface area contributed by atoms with Gasteiger partial charge in [-0.2, -0.15) is 17.8 Å². The van der Waals surface area contributed by atoms with Crippen molar-refractivity contribution in [1.82, 2.24) is 18.4 Å². The Bertz CT molecular complexity index is 599. The van der Waals surface area contributed by atoms with Crippen molar-refractivity contribution in [3.63, 3.8) is 0 Å². The summed E-state index contributed by atoms with van der Waals surface area (Å²) in [5.41, 5.74) is 0. The van der Waals surface area contributed by atoms with Crippen molar-refractivity contribution in [2.24, 2.45) is 0 Å². The molecule has 7 nitrogen and oxygen atoms in total. The third-order valence-electron chi connectivity index (χ3n) is 3.18. The van der Waals surface area contributed by atoms with Gasteiger partial charge in [0.2, 0.25) is 0 Å². The Balaban J connectivity index is 1.90. The average Bonchev–Trinajstić information content (AvgIpc) is 2.96. The summed E-state index contributed by atoms with van der Waals surface area (Å²) in [4.78, 5) is 12.0. The lowest BCUT2D eigenvalue weighted by Crippen LogP contribution is -2.35. The van der Waals surface area contributed by atoms with Crippen molar-refractivity contribution in [1.29, 1.82) is 0 Å². The van der Waals surface area contributed by atoms with Crippen LogP contribution >= 0.6 is 11.6 Å². The van der Waals surface area contributed by atoms with Crippen LogP contribution in [0.15, 0.2) is 12.4 Å². The van der Waals surface area contributed by atoms with E-state index in [1.165, 1.54) is 21.4 Å². The van der Waals surface area contributed by atoms with Gasteiger partial charge in [-0.25, -0.2) is 4.31 Å². The lowest BCUT2D eigenvalue weighted by atomic mass is 10.2. The summed E-state index contributed by atoms with van der Waals surface area (Å²) in [5, 5.41) is 4.28. The van der Waals surface area contributed by atoms with Crippen molar-refractivity contribution in [2.75, 3.05) is 6.54 Å². The predicted octanol–water partition coefficient (Wildman–Crippen LogP) is 0.0454. The standard InChI is InChI=1S/C9H11ClN4O3S/c10-7-4-11-12(5-7)6-14-9(15)8-2-1-3-13(8)18(14,16)17/h4-5,8H,1-3,6H2/t8-/m1/s1. The number of halogens is 1. The maximum absolute atomic E-state index is 12.2. The summed E-state index contributed by atoms with van der Waals surface area (Å²) >= 11 is 5.70. The highest BCUT2D eigenvalue weighted by Crippen LogP contribution is 2.32. The molecule has 0 spiro atoms. The molecule has 0 bridgehead atoms. The van der Waals surface area contributed by atoms with Crippen LogP contribution in [0.25, 0.3) is 0 Å². The third kappa shape index (κ3) is 1.63. The van der Waals surface area contributed by atoms with E-state index in [9.17, 15) is 13.2 Å². The predicted molar refractivity (Wildman–Crippen MR) is 62.7 cm³/mol. The number of rotatable bonds is 2. The molecule has 3 heterocycles. The largest absolute Gasteiger partial charge is 0.308 e. The van der Waals surface area contributed by atoms with E-state index < -0.39 is 16.3 Å². The number of hydrogen-bond acceptors (Lipinski definition) is 4. The molecule has 2 aliphatic rings. The van der Waals surface area contributed by atoms with E-state index in [0.29, 0.717) is 18.0 Å². The molecule has 0 unspecified atom stereocenters. The zero-order valence-electron chi connectivity index (χ0n) is 9.36. The first-order valence-electron chi connectivity index (χ1n) is 5.51. The van der Waals surface area contributed by atoms with Crippen molar-refractivity contribution in [3.8, 4) is 0 Å². The molecular formula is C9H11ClN4O3S. The molecule has 1 amide bonds. The molecule has 1 atom stereocenters. The molecule has 0 aliphatic carbocycles. The first-order valence-corrected chi connectivity index (χ1v) is 7.29. The van der Waals surface area contributed by atoms with Gasteiger partial charge in [0.05, 0.1) is 11.2 Å². The number of hydrogen-bond donors (Lipinski definition) is 0. The Morgan fingerprint density at radius 3 is 2.89 bits per heavy atom. The van der Waals surface area contributed by atoms with Gasteiger partial charge in [0.1, 0.15) is 12.7 Å². The quantitative estimate of drug-likeness (QED) is 0.771. The molecule has 0 saturated carbocycles. The Morgan fingerprint density at radius 2 is 2.28 bits per heavy atom. The second-order valence-corrected chi connectivity index (χ2v) is 6.54. The van der Waals surface area contributed by atoms with Crippen LogP contribution in [0.2, 0.25) is 5.02 Å². The molecule has 1 aromatic heterocycles. The number of nitrogens with zero attached hydrogens (tertiary/aromatic N) is 4. The molecule has 2 saturated heterocycles. The van der Waals surface area contributed by atoms with E-state index in [2.05, 4.69) is 5.10 Å². The molecule has 9 heteroatoms.